The number of halogens is 2. The molecule has 0 aliphatic carbocycles. The van der Waals surface area contributed by atoms with Crippen molar-refractivity contribution < 1.29 is 23.9 Å². The molecular formula is C18H18ClFN2O5. The number of fused-ring (bicyclic) bond motifs is 1. The number of pyridine rings is 1. The number of hydrogen-bond acceptors (Lipinski definition) is 4. The summed E-state index contributed by atoms with van der Waals surface area (Å²) in [6.45, 7) is 0.262. The van der Waals surface area contributed by atoms with Gasteiger partial charge in [0.15, 0.2) is 5.78 Å². The number of ketones is 1. The minimum atomic E-state index is -1.50. The standard InChI is InChI=1S/C18H18ClFN2O5/c1-2-14(17(26)21-13(8-16(24)25)15(23)9-20)22-6-5-10-7-11(19)3-4-12(10)18(22)27/h3-7,13-14H,2,8-9H2,1H3,(H,21,26)(H,24,25). The summed E-state index contributed by atoms with van der Waals surface area (Å²) in [7, 11) is 0. The normalized spacial score (nSPS) is 13.1. The Morgan fingerprint density at radius 1 is 1.30 bits per heavy atom. The number of nitrogens with zero attached hydrogens (tertiary/aromatic N) is 1. The highest BCUT2D eigenvalue weighted by Crippen LogP contribution is 2.18. The first-order valence-corrected chi connectivity index (χ1v) is 8.57. The summed E-state index contributed by atoms with van der Waals surface area (Å²) >= 11 is 5.91. The number of aromatic nitrogens is 1. The van der Waals surface area contributed by atoms with E-state index in [1.807, 2.05) is 0 Å². The molecule has 0 saturated heterocycles. The number of alkyl halides is 1. The number of nitrogens with one attached hydrogen (secondary N) is 1. The molecule has 2 N–H and O–H groups in total. The fourth-order valence-corrected chi connectivity index (χ4v) is 2.95. The van der Waals surface area contributed by atoms with Crippen molar-refractivity contribution in [3.8, 4) is 0 Å². The fraction of sp³-hybridized carbons (Fsp3) is 0.333. The molecule has 144 valence electrons. The number of carboxylic acids is 1. The largest absolute Gasteiger partial charge is 0.481 e. The van der Waals surface area contributed by atoms with Gasteiger partial charge in [-0.3, -0.25) is 19.2 Å². The van der Waals surface area contributed by atoms with E-state index in [2.05, 4.69) is 5.32 Å². The number of hydrogen-bond donors (Lipinski definition) is 2. The highest BCUT2D eigenvalue weighted by atomic mass is 35.5. The first-order chi connectivity index (χ1) is 12.8. The molecule has 2 unspecified atom stereocenters. The molecule has 1 heterocycles. The zero-order chi connectivity index (χ0) is 20.1. The van der Waals surface area contributed by atoms with Gasteiger partial charge in [0.2, 0.25) is 5.91 Å². The molecule has 0 spiro atoms. The molecule has 1 aromatic heterocycles. The van der Waals surface area contributed by atoms with Gasteiger partial charge in [0.05, 0.1) is 6.42 Å². The highest BCUT2D eigenvalue weighted by molar-refractivity contribution is 6.31. The third-order valence-corrected chi connectivity index (χ3v) is 4.37. The van der Waals surface area contributed by atoms with Gasteiger partial charge in [0.1, 0.15) is 18.8 Å². The monoisotopic (exact) mass is 396 g/mol. The lowest BCUT2D eigenvalue weighted by Crippen LogP contribution is -2.47. The summed E-state index contributed by atoms with van der Waals surface area (Å²) in [6, 6.07) is 3.86. The summed E-state index contributed by atoms with van der Waals surface area (Å²) in [4.78, 5) is 47.7. The Kier molecular flexibility index (Phi) is 6.68. The Balaban J connectivity index is 2.36. The molecule has 0 radical (unpaired) electrons. The number of carbonyl (C=O) groups is 3. The first kappa shape index (κ1) is 20.6. The van der Waals surface area contributed by atoms with E-state index in [-0.39, 0.29) is 6.42 Å². The molecule has 2 atom stereocenters. The van der Waals surface area contributed by atoms with Gasteiger partial charge in [-0.2, -0.15) is 0 Å². The molecule has 1 amide bonds. The minimum absolute atomic E-state index is 0.203. The zero-order valence-corrected chi connectivity index (χ0v) is 15.2. The second kappa shape index (κ2) is 8.77. The van der Waals surface area contributed by atoms with E-state index in [1.165, 1.54) is 10.8 Å². The topological polar surface area (TPSA) is 105 Å². The van der Waals surface area contributed by atoms with Crippen molar-refractivity contribution in [2.45, 2.75) is 31.8 Å². The van der Waals surface area contributed by atoms with Crippen molar-refractivity contribution in [2.75, 3.05) is 6.67 Å². The Hall–Kier alpha value is -2.74. The minimum Gasteiger partial charge on any atom is -0.481 e. The predicted octanol–water partition coefficient (Wildman–Crippen LogP) is 2.10. The summed E-state index contributed by atoms with van der Waals surface area (Å²) in [5.41, 5.74) is -0.433. The number of benzene rings is 1. The molecule has 2 aromatic rings. The van der Waals surface area contributed by atoms with Crippen molar-refractivity contribution in [1.82, 2.24) is 9.88 Å². The van der Waals surface area contributed by atoms with Gasteiger partial charge in [0.25, 0.3) is 5.56 Å². The summed E-state index contributed by atoms with van der Waals surface area (Å²) in [5.74, 6) is -3.13. The van der Waals surface area contributed by atoms with E-state index in [0.29, 0.717) is 15.8 Å². The van der Waals surface area contributed by atoms with Crippen molar-refractivity contribution in [2.24, 2.45) is 0 Å². The average molecular weight is 397 g/mol. The molecule has 9 heteroatoms. The summed E-state index contributed by atoms with van der Waals surface area (Å²) in [6.07, 6.45) is 0.891. The lowest BCUT2D eigenvalue weighted by atomic mass is 10.1. The number of Topliss-reactive ketones (excluding diaryl/α,β-unsaturated/α-hetero) is 1. The molecule has 0 fully saturated rings. The summed E-state index contributed by atoms with van der Waals surface area (Å²) in [5, 5.41) is 12.5. The predicted molar refractivity (Wildman–Crippen MR) is 97.7 cm³/mol. The van der Waals surface area contributed by atoms with Crippen LogP contribution in [0.2, 0.25) is 5.02 Å². The van der Waals surface area contributed by atoms with E-state index in [4.69, 9.17) is 16.7 Å². The van der Waals surface area contributed by atoms with Crippen LogP contribution < -0.4 is 10.9 Å². The second-order valence-corrected chi connectivity index (χ2v) is 6.38. The van der Waals surface area contributed by atoms with Gasteiger partial charge < -0.3 is 15.0 Å². The number of aliphatic carboxylic acids is 1. The van der Waals surface area contributed by atoms with Gasteiger partial charge in [-0.05, 0) is 36.1 Å². The molecule has 0 bridgehead atoms. The highest BCUT2D eigenvalue weighted by Gasteiger charge is 2.28. The van der Waals surface area contributed by atoms with E-state index in [0.717, 1.165) is 0 Å². The molecule has 0 saturated carbocycles. The van der Waals surface area contributed by atoms with Crippen molar-refractivity contribution >= 4 is 40.0 Å². The average Bonchev–Trinajstić information content (AvgIpc) is 2.62. The van der Waals surface area contributed by atoms with Crippen LogP contribution in [-0.2, 0) is 14.4 Å². The zero-order valence-electron chi connectivity index (χ0n) is 14.4. The first-order valence-electron chi connectivity index (χ1n) is 8.19. The molecule has 7 nitrogen and oxygen atoms in total. The fourth-order valence-electron chi connectivity index (χ4n) is 2.77. The quantitative estimate of drug-likeness (QED) is 0.710. The summed E-state index contributed by atoms with van der Waals surface area (Å²) < 4.78 is 13.9. The van der Waals surface area contributed by atoms with Crippen LogP contribution in [0.25, 0.3) is 10.8 Å². The van der Waals surface area contributed by atoms with Crippen LogP contribution in [0, 0.1) is 0 Å². The van der Waals surface area contributed by atoms with Crippen LogP contribution in [0.5, 0.6) is 0 Å². The van der Waals surface area contributed by atoms with Crippen LogP contribution in [-0.4, -0.2) is 40.0 Å². The third kappa shape index (κ3) is 4.71. The Bertz CT molecular complexity index is 943. The lowest BCUT2D eigenvalue weighted by molar-refractivity contribution is -0.140. The van der Waals surface area contributed by atoms with Gasteiger partial charge in [0, 0.05) is 16.6 Å². The van der Waals surface area contributed by atoms with Crippen LogP contribution in [0.15, 0.2) is 35.3 Å². The second-order valence-electron chi connectivity index (χ2n) is 5.94. The number of amides is 1. The lowest BCUT2D eigenvalue weighted by Gasteiger charge is -2.21. The van der Waals surface area contributed by atoms with Crippen molar-refractivity contribution in [3.63, 3.8) is 0 Å². The Morgan fingerprint density at radius 2 is 2.00 bits per heavy atom. The molecule has 27 heavy (non-hydrogen) atoms. The van der Waals surface area contributed by atoms with E-state index < -0.39 is 48.4 Å². The number of carbonyl (C=O) groups excluding carboxylic acids is 2. The van der Waals surface area contributed by atoms with Crippen LogP contribution in [0.4, 0.5) is 4.39 Å². The van der Waals surface area contributed by atoms with Crippen LogP contribution >= 0.6 is 11.6 Å². The van der Waals surface area contributed by atoms with Crippen LogP contribution in [0.1, 0.15) is 25.8 Å². The van der Waals surface area contributed by atoms with Crippen molar-refractivity contribution in [1.29, 1.82) is 0 Å². The molecular weight excluding hydrogens is 379 g/mol. The molecule has 1 aromatic carbocycles. The van der Waals surface area contributed by atoms with Crippen molar-refractivity contribution in [3.05, 3.63) is 45.8 Å². The van der Waals surface area contributed by atoms with E-state index >= 15 is 0 Å². The molecule has 0 aliphatic heterocycles. The SMILES string of the molecule is CCC(C(=O)NC(CC(=O)O)C(=O)CF)n1ccc2cc(Cl)ccc2c1=O. The Labute approximate surface area is 158 Å². The molecule has 2 rings (SSSR count). The van der Waals surface area contributed by atoms with Gasteiger partial charge in [-0.25, -0.2) is 4.39 Å². The maximum absolute atomic E-state index is 12.7. The third-order valence-electron chi connectivity index (χ3n) is 4.13. The maximum atomic E-state index is 12.7. The van der Waals surface area contributed by atoms with Gasteiger partial charge >= 0.3 is 5.97 Å². The van der Waals surface area contributed by atoms with Crippen LogP contribution in [0.3, 0.4) is 0 Å². The number of rotatable bonds is 8. The van der Waals surface area contributed by atoms with E-state index in [9.17, 15) is 23.6 Å². The van der Waals surface area contributed by atoms with Gasteiger partial charge in [-0.15, -0.1) is 0 Å². The van der Waals surface area contributed by atoms with E-state index in [1.54, 1.807) is 31.2 Å². The Morgan fingerprint density at radius 3 is 2.59 bits per heavy atom. The molecule has 0 aliphatic rings. The van der Waals surface area contributed by atoms with Gasteiger partial charge in [-0.1, -0.05) is 18.5 Å². The number of carboxylic acid groups (broad SMARTS) is 1. The maximum Gasteiger partial charge on any atom is 0.305 e. The smallest absolute Gasteiger partial charge is 0.305 e.